The van der Waals surface area contributed by atoms with E-state index in [4.69, 9.17) is 15.6 Å². The summed E-state index contributed by atoms with van der Waals surface area (Å²) in [7, 11) is 0. The zero-order valence-electron chi connectivity index (χ0n) is 11.5. The van der Waals surface area contributed by atoms with Gasteiger partial charge in [-0.15, -0.1) is 0 Å². The van der Waals surface area contributed by atoms with Gasteiger partial charge in [0.05, 0.1) is 11.3 Å². The molecule has 1 saturated heterocycles. The first-order chi connectivity index (χ1) is 9.02. The topological polar surface area (TPSA) is 102 Å². The van der Waals surface area contributed by atoms with Crippen molar-refractivity contribution in [1.29, 1.82) is 0 Å². The third kappa shape index (κ3) is 4.47. The average molecular weight is 272 g/mol. The van der Waals surface area contributed by atoms with Gasteiger partial charge in [-0.05, 0) is 25.7 Å². The van der Waals surface area contributed by atoms with Crippen LogP contribution in [0.3, 0.4) is 0 Å². The summed E-state index contributed by atoms with van der Waals surface area (Å²) in [4.78, 5) is 22.8. The highest BCUT2D eigenvalue weighted by atomic mass is 16.5. The van der Waals surface area contributed by atoms with E-state index in [0.717, 1.165) is 0 Å². The molecule has 6 heteroatoms. The Bertz CT molecular complexity index is 314. The number of nitrogens with two attached hydrogens (primary N) is 1. The minimum Gasteiger partial charge on any atom is -0.481 e. The van der Waals surface area contributed by atoms with Crippen molar-refractivity contribution in [3.05, 3.63) is 0 Å². The summed E-state index contributed by atoms with van der Waals surface area (Å²) in [6, 6.07) is 0. The van der Waals surface area contributed by atoms with E-state index in [2.05, 4.69) is 5.32 Å². The Morgan fingerprint density at radius 3 is 2.58 bits per heavy atom. The molecule has 6 nitrogen and oxygen atoms in total. The lowest BCUT2D eigenvalue weighted by Gasteiger charge is -2.34. The Kier molecular flexibility index (Phi) is 6.24. The van der Waals surface area contributed by atoms with Gasteiger partial charge in [-0.1, -0.05) is 6.92 Å². The Balaban J connectivity index is 2.31. The van der Waals surface area contributed by atoms with E-state index in [1.54, 1.807) is 6.92 Å². The first-order valence-electron chi connectivity index (χ1n) is 6.81. The average Bonchev–Trinajstić information content (AvgIpc) is 2.43. The van der Waals surface area contributed by atoms with Crippen LogP contribution in [0.4, 0.5) is 0 Å². The highest BCUT2D eigenvalue weighted by Gasteiger charge is 2.38. The molecule has 0 aliphatic carbocycles. The zero-order valence-corrected chi connectivity index (χ0v) is 11.5. The monoisotopic (exact) mass is 272 g/mol. The van der Waals surface area contributed by atoms with Crippen molar-refractivity contribution in [3.63, 3.8) is 0 Å². The minimum absolute atomic E-state index is 0.0266. The van der Waals surface area contributed by atoms with Crippen molar-refractivity contribution in [2.24, 2.45) is 17.1 Å². The van der Waals surface area contributed by atoms with Gasteiger partial charge in [0.2, 0.25) is 5.91 Å². The first-order valence-corrected chi connectivity index (χ1v) is 6.81. The lowest BCUT2D eigenvalue weighted by molar-refractivity contribution is -0.141. The molecule has 0 saturated carbocycles. The molecule has 0 aromatic carbocycles. The van der Waals surface area contributed by atoms with E-state index in [1.807, 2.05) is 0 Å². The van der Waals surface area contributed by atoms with Crippen molar-refractivity contribution in [2.45, 2.75) is 32.6 Å². The highest BCUT2D eigenvalue weighted by Crippen LogP contribution is 2.29. The molecule has 0 spiro atoms. The summed E-state index contributed by atoms with van der Waals surface area (Å²) in [5.41, 5.74) is 5.23. The highest BCUT2D eigenvalue weighted by molar-refractivity contribution is 5.83. The minimum atomic E-state index is -0.797. The van der Waals surface area contributed by atoms with Crippen LogP contribution in [0, 0.1) is 11.3 Å². The fraction of sp³-hybridized carbons (Fsp3) is 0.846. The second kappa shape index (κ2) is 7.45. The molecular formula is C13H24N2O4. The lowest BCUT2D eigenvalue weighted by atomic mass is 9.79. The molecule has 1 amide bonds. The lowest BCUT2D eigenvalue weighted by Crippen LogP contribution is -2.49. The smallest absolute Gasteiger partial charge is 0.306 e. The first kappa shape index (κ1) is 15.9. The second-order valence-electron chi connectivity index (χ2n) is 5.23. The van der Waals surface area contributed by atoms with E-state index < -0.39 is 11.4 Å². The quantitative estimate of drug-likeness (QED) is 0.581. The summed E-state index contributed by atoms with van der Waals surface area (Å²) in [6.07, 6.45) is 2.53. The van der Waals surface area contributed by atoms with E-state index >= 15 is 0 Å². The molecule has 1 fully saturated rings. The number of carboxylic acids is 1. The number of hydrogen-bond donors (Lipinski definition) is 3. The van der Waals surface area contributed by atoms with Crippen molar-refractivity contribution >= 4 is 11.9 Å². The number of hydrogen-bond acceptors (Lipinski definition) is 4. The molecule has 4 N–H and O–H groups in total. The molecule has 0 aromatic rings. The molecule has 0 bridgehead atoms. The standard InChI is InChI=1S/C13H24N2O4/c1-10(11(16)17)3-2-6-15-12(18)13(9-14)4-7-19-8-5-13/h10H,2-9,14H2,1H3,(H,15,18)(H,16,17). The molecule has 1 rings (SSSR count). The number of nitrogens with one attached hydrogen (secondary N) is 1. The Morgan fingerprint density at radius 1 is 1.42 bits per heavy atom. The molecule has 1 heterocycles. The molecule has 1 aliphatic heterocycles. The van der Waals surface area contributed by atoms with Gasteiger partial charge in [-0.2, -0.15) is 0 Å². The van der Waals surface area contributed by atoms with Gasteiger partial charge in [0.1, 0.15) is 0 Å². The molecule has 1 atom stereocenters. The molecule has 0 aromatic heterocycles. The van der Waals surface area contributed by atoms with Crippen molar-refractivity contribution in [2.75, 3.05) is 26.3 Å². The van der Waals surface area contributed by atoms with Crippen LogP contribution in [-0.2, 0) is 14.3 Å². The number of rotatable bonds is 7. The molecule has 19 heavy (non-hydrogen) atoms. The van der Waals surface area contributed by atoms with Crippen LogP contribution in [0.2, 0.25) is 0 Å². The van der Waals surface area contributed by atoms with Crippen LogP contribution < -0.4 is 11.1 Å². The van der Waals surface area contributed by atoms with E-state index in [9.17, 15) is 9.59 Å². The maximum Gasteiger partial charge on any atom is 0.306 e. The number of aliphatic carboxylic acids is 1. The summed E-state index contributed by atoms with van der Waals surface area (Å²) in [5.74, 6) is -1.20. The number of carboxylic acid groups (broad SMARTS) is 1. The SMILES string of the molecule is CC(CCCNC(=O)C1(CN)CCOCC1)C(=O)O. The zero-order chi connectivity index (χ0) is 14.3. The Hall–Kier alpha value is -1.14. The number of carbonyl (C=O) groups is 2. The number of ether oxygens (including phenoxy) is 1. The van der Waals surface area contributed by atoms with Gasteiger partial charge in [-0.3, -0.25) is 9.59 Å². The molecular weight excluding hydrogens is 248 g/mol. The van der Waals surface area contributed by atoms with Crippen molar-refractivity contribution in [3.8, 4) is 0 Å². The largest absolute Gasteiger partial charge is 0.481 e. The van der Waals surface area contributed by atoms with Crippen molar-refractivity contribution in [1.82, 2.24) is 5.32 Å². The fourth-order valence-corrected chi connectivity index (χ4v) is 2.21. The predicted molar refractivity (Wildman–Crippen MR) is 70.6 cm³/mol. The predicted octanol–water partition coefficient (Wildman–Crippen LogP) is 0.359. The molecule has 110 valence electrons. The maximum absolute atomic E-state index is 12.2. The Morgan fingerprint density at radius 2 is 2.05 bits per heavy atom. The van der Waals surface area contributed by atoms with Crippen LogP contribution in [0.5, 0.6) is 0 Å². The van der Waals surface area contributed by atoms with Crippen LogP contribution >= 0.6 is 0 Å². The summed E-state index contributed by atoms with van der Waals surface area (Å²) in [6.45, 7) is 3.64. The van der Waals surface area contributed by atoms with Gasteiger partial charge in [0.15, 0.2) is 0 Å². The number of amides is 1. The summed E-state index contributed by atoms with van der Waals surface area (Å²) >= 11 is 0. The third-order valence-electron chi connectivity index (χ3n) is 3.84. The normalized spacial score (nSPS) is 19.7. The third-order valence-corrected chi connectivity index (χ3v) is 3.84. The van der Waals surface area contributed by atoms with Gasteiger partial charge in [-0.25, -0.2) is 0 Å². The summed E-state index contributed by atoms with van der Waals surface area (Å²) < 4.78 is 5.26. The van der Waals surface area contributed by atoms with Crippen molar-refractivity contribution < 1.29 is 19.4 Å². The van der Waals surface area contributed by atoms with Crippen LogP contribution in [-0.4, -0.2) is 43.3 Å². The number of carbonyl (C=O) groups excluding carboxylic acids is 1. The van der Waals surface area contributed by atoms with Gasteiger partial charge in [0, 0.05) is 26.3 Å². The van der Waals surface area contributed by atoms with Gasteiger partial charge >= 0.3 is 5.97 Å². The molecule has 0 radical (unpaired) electrons. The molecule has 1 aliphatic rings. The summed E-state index contributed by atoms with van der Waals surface area (Å²) in [5, 5.41) is 11.6. The van der Waals surface area contributed by atoms with Gasteiger partial charge < -0.3 is 20.9 Å². The van der Waals surface area contributed by atoms with E-state index in [0.29, 0.717) is 52.0 Å². The van der Waals surface area contributed by atoms with Crippen LogP contribution in [0.25, 0.3) is 0 Å². The molecule has 1 unspecified atom stereocenters. The van der Waals surface area contributed by atoms with Crippen LogP contribution in [0.15, 0.2) is 0 Å². The van der Waals surface area contributed by atoms with Gasteiger partial charge in [0.25, 0.3) is 0 Å². The Labute approximate surface area is 113 Å². The van der Waals surface area contributed by atoms with Crippen LogP contribution in [0.1, 0.15) is 32.6 Å². The fourth-order valence-electron chi connectivity index (χ4n) is 2.21. The van der Waals surface area contributed by atoms with E-state index in [-0.39, 0.29) is 11.8 Å². The maximum atomic E-state index is 12.2. The second-order valence-corrected chi connectivity index (χ2v) is 5.23. The van der Waals surface area contributed by atoms with E-state index in [1.165, 1.54) is 0 Å².